The first-order valence-electron chi connectivity index (χ1n) is 5.71. The van der Waals surface area contributed by atoms with E-state index >= 15 is 0 Å². The summed E-state index contributed by atoms with van der Waals surface area (Å²) in [6, 6.07) is 11.4. The van der Waals surface area contributed by atoms with Gasteiger partial charge in [0.25, 0.3) is 0 Å². The van der Waals surface area contributed by atoms with Crippen LogP contribution in [0.15, 0.2) is 42.6 Å². The first-order valence-corrected chi connectivity index (χ1v) is 5.71. The summed E-state index contributed by atoms with van der Waals surface area (Å²) in [5, 5.41) is 2.78. The molecular weight excluding hydrogens is 226 g/mol. The number of amides is 1. The van der Waals surface area contributed by atoms with Gasteiger partial charge in [0, 0.05) is 0 Å². The SMILES string of the molecule is Cc1cc(N)cnc1NC(=O)Cc1ccccc1. The number of nitrogens with zero attached hydrogens (tertiary/aromatic N) is 1. The Morgan fingerprint density at radius 3 is 2.72 bits per heavy atom. The molecule has 0 spiro atoms. The molecule has 92 valence electrons. The summed E-state index contributed by atoms with van der Waals surface area (Å²) in [6.45, 7) is 1.86. The Morgan fingerprint density at radius 1 is 1.33 bits per heavy atom. The predicted molar refractivity (Wildman–Crippen MR) is 72.2 cm³/mol. The second kappa shape index (κ2) is 5.31. The van der Waals surface area contributed by atoms with Gasteiger partial charge in [0.2, 0.25) is 5.91 Å². The van der Waals surface area contributed by atoms with Crippen molar-refractivity contribution in [1.29, 1.82) is 0 Å². The van der Waals surface area contributed by atoms with E-state index in [2.05, 4.69) is 10.3 Å². The Hall–Kier alpha value is -2.36. The molecule has 1 heterocycles. The Labute approximate surface area is 106 Å². The van der Waals surface area contributed by atoms with E-state index in [-0.39, 0.29) is 5.91 Å². The van der Waals surface area contributed by atoms with Crippen molar-refractivity contribution in [3.8, 4) is 0 Å². The molecule has 0 saturated carbocycles. The molecule has 0 aliphatic carbocycles. The highest BCUT2D eigenvalue weighted by molar-refractivity contribution is 5.92. The molecule has 4 nitrogen and oxygen atoms in total. The maximum Gasteiger partial charge on any atom is 0.229 e. The number of hydrogen-bond acceptors (Lipinski definition) is 3. The Morgan fingerprint density at radius 2 is 2.06 bits per heavy atom. The smallest absolute Gasteiger partial charge is 0.229 e. The molecule has 3 N–H and O–H groups in total. The standard InChI is InChI=1S/C14H15N3O/c1-10-7-12(15)9-16-14(10)17-13(18)8-11-5-3-2-4-6-11/h2-7,9H,8,15H2,1H3,(H,16,17,18). The number of nitrogen functional groups attached to an aromatic ring is 1. The molecule has 1 amide bonds. The van der Waals surface area contributed by atoms with E-state index in [1.807, 2.05) is 37.3 Å². The van der Waals surface area contributed by atoms with E-state index in [0.29, 0.717) is 17.9 Å². The van der Waals surface area contributed by atoms with Crippen LogP contribution in [0, 0.1) is 6.92 Å². The van der Waals surface area contributed by atoms with Crippen molar-refractivity contribution in [2.75, 3.05) is 11.1 Å². The van der Waals surface area contributed by atoms with Gasteiger partial charge in [0.05, 0.1) is 18.3 Å². The fourth-order valence-corrected chi connectivity index (χ4v) is 1.68. The highest BCUT2D eigenvalue weighted by Crippen LogP contribution is 2.14. The molecule has 0 fully saturated rings. The average Bonchev–Trinajstić information content (AvgIpc) is 2.34. The van der Waals surface area contributed by atoms with Gasteiger partial charge in [-0.15, -0.1) is 0 Å². The van der Waals surface area contributed by atoms with E-state index in [1.54, 1.807) is 6.07 Å². The maximum atomic E-state index is 11.8. The first-order chi connectivity index (χ1) is 8.65. The Balaban J connectivity index is 2.03. The molecule has 0 saturated heterocycles. The number of aromatic nitrogens is 1. The maximum absolute atomic E-state index is 11.8. The van der Waals surface area contributed by atoms with E-state index in [4.69, 9.17) is 5.73 Å². The lowest BCUT2D eigenvalue weighted by atomic mass is 10.1. The third-order valence-corrected chi connectivity index (χ3v) is 2.56. The van der Waals surface area contributed by atoms with Gasteiger partial charge in [-0.3, -0.25) is 4.79 Å². The van der Waals surface area contributed by atoms with Crippen molar-refractivity contribution in [2.45, 2.75) is 13.3 Å². The van der Waals surface area contributed by atoms with Crippen LogP contribution >= 0.6 is 0 Å². The first kappa shape index (κ1) is 12.1. The summed E-state index contributed by atoms with van der Waals surface area (Å²) in [7, 11) is 0. The summed E-state index contributed by atoms with van der Waals surface area (Å²) in [4.78, 5) is 15.9. The van der Waals surface area contributed by atoms with Gasteiger partial charge in [-0.05, 0) is 24.1 Å². The van der Waals surface area contributed by atoms with Crippen molar-refractivity contribution in [2.24, 2.45) is 0 Å². The van der Waals surface area contributed by atoms with Gasteiger partial charge < -0.3 is 11.1 Å². The highest BCUT2D eigenvalue weighted by Gasteiger charge is 2.06. The van der Waals surface area contributed by atoms with Crippen LogP contribution in [0.3, 0.4) is 0 Å². The van der Waals surface area contributed by atoms with Crippen molar-refractivity contribution >= 4 is 17.4 Å². The summed E-state index contributed by atoms with van der Waals surface area (Å²) in [6.07, 6.45) is 1.87. The van der Waals surface area contributed by atoms with Crippen LogP contribution in [0.2, 0.25) is 0 Å². The molecule has 0 aliphatic heterocycles. The Kier molecular flexibility index (Phi) is 3.57. The quantitative estimate of drug-likeness (QED) is 0.865. The fourth-order valence-electron chi connectivity index (χ4n) is 1.68. The summed E-state index contributed by atoms with van der Waals surface area (Å²) >= 11 is 0. The van der Waals surface area contributed by atoms with Crippen molar-refractivity contribution in [1.82, 2.24) is 4.98 Å². The minimum atomic E-state index is -0.0819. The number of carbonyl (C=O) groups excluding carboxylic acids is 1. The minimum absolute atomic E-state index is 0.0819. The summed E-state index contributed by atoms with van der Waals surface area (Å²) in [5.74, 6) is 0.478. The highest BCUT2D eigenvalue weighted by atomic mass is 16.1. The number of carbonyl (C=O) groups is 1. The number of nitrogens with two attached hydrogens (primary N) is 1. The zero-order valence-electron chi connectivity index (χ0n) is 10.2. The van der Waals surface area contributed by atoms with Crippen LogP contribution in [-0.2, 0) is 11.2 Å². The number of aryl methyl sites for hydroxylation is 1. The third-order valence-electron chi connectivity index (χ3n) is 2.56. The summed E-state index contributed by atoms with van der Waals surface area (Å²) in [5.41, 5.74) is 8.03. The van der Waals surface area contributed by atoms with E-state index < -0.39 is 0 Å². The molecule has 0 atom stereocenters. The second-order valence-corrected chi connectivity index (χ2v) is 4.14. The van der Waals surface area contributed by atoms with Crippen molar-refractivity contribution < 1.29 is 4.79 Å². The molecule has 2 aromatic rings. The second-order valence-electron chi connectivity index (χ2n) is 4.14. The number of benzene rings is 1. The molecular formula is C14H15N3O. The van der Waals surface area contributed by atoms with Crippen LogP contribution in [-0.4, -0.2) is 10.9 Å². The monoisotopic (exact) mass is 241 g/mol. The average molecular weight is 241 g/mol. The number of hydrogen-bond donors (Lipinski definition) is 2. The lowest BCUT2D eigenvalue weighted by Crippen LogP contribution is -2.16. The Bertz CT molecular complexity index is 552. The van der Waals surface area contributed by atoms with E-state index in [1.165, 1.54) is 6.20 Å². The zero-order valence-corrected chi connectivity index (χ0v) is 10.2. The van der Waals surface area contributed by atoms with Gasteiger partial charge in [0.15, 0.2) is 0 Å². The molecule has 1 aromatic carbocycles. The molecule has 0 aliphatic rings. The van der Waals surface area contributed by atoms with E-state index in [9.17, 15) is 4.79 Å². The van der Waals surface area contributed by atoms with Crippen LogP contribution in [0.25, 0.3) is 0 Å². The normalized spacial score (nSPS) is 10.1. The molecule has 0 radical (unpaired) electrons. The number of pyridine rings is 1. The summed E-state index contributed by atoms with van der Waals surface area (Å²) < 4.78 is 0. The van der Waals surface area contributed by atoms with Crippen molar-refractivity contribution in [3.05, 3.63) is 53.7 Å². The molecule has 18 heavy (non-hydrogen) atoms. The lowest BCUT2D eigenvalue weighted by molar-refractivity contribution is -0.115. The topological polar surface area (TPSA) is 68.0 Å². The van der Waals surface area contributed by atoms with Gasteiger partial charge in [-0.2, -0.15) is 0 Å². The number of nitrogens with one attached hydrogen (secondary N) is 1. The predicted octanol–water partition coefficient (Wildman–Crippen LogP) is 2.15. The molecule has 0 unspecified atom stereocenters. The largest absolute Gasteiger partial charge is 0.397 e. The van der Waals surface area contributed by atoms with Gasteiger partial charge in [0.1, 0.15) is 5.82 Å². The van der Waals surface area contributed by atoms with E-state index in [0.717, 1.165) is 11.1 Å². The molecule has 1 aromatic heterocycles. The van der Waals surface area contributed by atoms with Gasteiger partial charge in [-0.1, -0.05) is 30.3 Å². The zero-order chi connectivity index (χ0) is 13.0. The third kappa shape index (κ3) is 3.07. The van der Waals surface area contributed by atoms with Crippen LogP contribution in [0.4, 0.5) is 11.5 Å². The minimum Gasteiger partial charge on any atom is -0.397 e. The molecule has 0 bridgehead atoms. The van der Waals surface area contributed by atoms with Gasteiger partial charge >= 0.3 is 0 Å². The fraction of sp³-hybridized carbons (Fsp3) is 0.143. The number of anilines is 2. The van der Waals surface area contributed by atoms with Crippen LogP contribution in [0.5, 0.6) is 0 Å². The van der Waals surface area contributed by atoms with Crippen LogP contribution in [0.1, 0.15) is 11.1 Å². The number of rotatable bonds is 3. The van der Waals surface area contributed by atoms with Gasteiger partial charge in [-0.25, -0.2) is 4.98 Å². The molecule has 2 rings (SSSR count). The lowest BCUT2D eigenvalue weighted by Gasteiger charge is -2.07. The van der Waals surface area contributed by atoms with Crippen LogP contribution < -0.4 is 11.1 Å². The molecule has 4 heteroatoms. The van der Waals surface area contributed by atoms with Crippen molar-refractivity contribution in [3.63, 3.8) is 0 Å².